The number of halogens is 5. The number of rotatable bonds is 2. The van der Waals surface area contributed by atoms with E-state index in [4.69, 9.17) is 34.8 Å². The summed E-state index contributed by atoms with van der Waals surface area (Å²) in [5, 5.41) is 0.394. The van der Waals surface area contributed by atoms with Crippen molar-refractivity contribution in [3.05, 3.63) is 67.4 Å². The SMILES string of the molecule is Cc1cc(C(Cl)c2cc(Cl)cc(Br)c2)c(Cl)cc1F. The third-order valence-corrected chi connectivity index (χ3v) is 4.22. The summed E-state index contributed by atoms with van der Waals surface area (Å²) in [4.78, 5) is 0. The summed E-state index contributed by atoms with van der Waals surface area (Å²) in [5.41, 5.74) is 1.97. The van der Waals surface area contributed by atoms with E-state index in [0.29, 0.717) is 21.2 Å². The second-order valence-corrected chi connectivity index (χ2v) is 6.38. The van der Waals surface area contributed by atoms with E-state index in [2.05, 4.69) is 15.9 Å². The Morgan fingerprint density at radius 1 is 1.11 bits per heavy atom. The molecule has 2 rings (SSSR count). The van der Waals surface area contributed by atoms with Crippen molar-refractivity contribution in [2.24, 2.45) is 0 Å². The fourth-order valence-corrected chi connectivity index (χ4v) is 3.28. The Labute approximate surface area is 134 Å². The minimum absolute atomic E-state index is 0.305. The van der Waals surface area contributed by atoms with E-state index in [0.717, 1.165) is 10.0 Å². The second kappa shape index (κ2) is 6.01. The van der Waals surface area contributed by atoms with Crippen molar-refractivity contribution in [3.8, 4) is 0 Å². The van der Waals surface area contributed by atoms with Gasteiger partial charge in [-0.3, -0.25) is 0 Å². The fraction of sp³-hybridized carbons (Fsp3) is 0.143. The fourth-order valence-electron chi connectivity index (χ4n) is 1.77. The Bertz CT molecular complexity index is 608. The molecule has 0 amide bonds. The van der Waals surface area contributed by atoms with E-state index in [-0.39, 0.29) is 5.82 Å². The van der Waals surface area contributed by atoms with Crippen LogP contribution in [0.4, 0.5) is 4.39 Å². The average molecular weight is 382 g/mol. The molecule has 1 atom stereocenters. The first-order valence-corrected chi connectivity index (χ1v) is 7.42. The molecule has 0 nitrogen and oxygen atoms in total. The van der Waals surface area contributed by atoms with Crippen LogP contribution in [0.2, 0.25) is 10.0 Å². The van der Waals surface area contributed by atoms with Crippen LogP contribution >= 0.6 is 50.7 Å². The van der Waals surface area contributed by atoms with Crippen molar-refractivity contribution in [2.45, 2.75) is 12.3 Å². The lowest BCUT2D eigenvalue weighted by molar-refractivity contribution is 0.618. The number of hydrogen-bond acceptors (Lipinski definition) is 0. The number of alkyl halides is 1. The Morgan fingerprint density at radius 2 is 1.79 bits per heavy atom. The Hall–Kier alpha value is -0.280. The van der Waals surface area contributed by atoms with Crippen LogP contribution in [-0.4, -0.2) is 0 Å². The van der Waals surface area contributed by atoms with Crippen LogP contribution in [0.1, 0.15) is 22.1 Å². The lowest BCUT2D eigenvalue weighted by Gasteiger charge is -2.14. The maximum atomic E-state index is 13.4. The maximum Gasteiger partial charge on any atom is 0.127 e. The highest BCUT2D eigenvalue weighted by molar-refractivity contribution is 9.10. The molecule has 0 saturated carbocycles. The van der Waals surface area contributed by atoms with Gasteiger partial charge >= 0.3 is 0 Å². The minimum Gasteiger partial charge on any atom is -0.207 e. The first-order valence-electron chi connectivity index (χ1n) is 5.44. The number of benzene rings is 2. The molecule has 0 spiro atoms. The summed E-state index contributed by atoms with van der Waals surface area (Å²) < 4.78 is 14.2. The highest BCUT2D eigenvalue weighted by Gasteiger charge is 2.17. The number of hydrogen-bond donors (Lipinski definition) is 0. The van der Waals surface area contributed by atoms with Crippen molar-refractivity contribution < 1.29 is 4.39 Å². The van der Waals surface area contributed by atoms with Gasteiger partial charge < -0.3 is 0 Å². The summed E-state index contributed by atoms with van der Waals surface area (Å²) in [6.07, 6.45) is 0. The molecule has 5 heteroatoms. The van der Waals surface area contributed by atoms with Crippen LogP contribution in [-0.2, 0) is 0 Å². The molecule has 0 heterocycles. The normalized spacial score (nSPS) is 12.5. The third kappa shape index (κ3) is 3.43. The summed E-state index contributed by atoms with van der Waals surface area (Å²) >= 11 is 21.8. The minimum atomic E-state index is -0.484. The van der Waals surface area contributed by atoms with Gasteiger partial charge in [-0.05, 0) is 53.9 Å². The molecule has 0 aliphatic heterocycles. The lowest BCUT2D eigenvalue weighted by Crippen LogP contribution is -1.97. The van der Waals surface area contributed by atoms with Gasteiger partial charge in [-0.25, -0.2) is 4.39 Å². The Balaban J connectivity index is 2.49. The molecule has 0 aliphatic rings. The molecule has 2 aromatic carbocycles. The molecule has 0 aliphatic carbocycles. The zero-order valence-electron chi connectivity index (χ0n) is 9.85. The predicted octanol–water partition coefficient (Wildman–Crippen LogP) is 6.53. The third-order valence-electron chi connectivity index (χ3n) is 2.73. The monoisotopic (exact) mass is 380 g/mol. The van der Waals surface area contributed by atoms with Crippen LogP contribution in [0.5, 0.6) is 0 Å². The quantitative estimate of drug-likeness (QED) is 0.518. The van der Waals surface area contributed by atoms with Gasteiger partial charge in [0.05, 0.1) is 5.38 Å². The topological polar surface area (TPSA) is 0 Å². The van der Waals surface area contributed by atoms with Crippen molar-refractivity contribution in [1.29, 1.82) is 0 Å². The zero-order valence-corrected chi connectivity index (χ0v) is 13.7. The van der Waals surface area contributed by atoms with E-state index in [1.165, 1.54) is 6.07 Å². The van der Waals surface area contributed by atoms with Gasteiger partial charge in [-0.15, -0.1) is 11.6 Å². The molecule has 0 fully saturated rings. The molecule has 2 aromatic rings. The Kier molecular flexibility index (Phi) is 4.78. The van der Waals surface area contributed by atoms with E-state index in [1.807, 2.05) is 6.07 Å². The Morgan fingerprint density at radius 3 is 2.42 bits per heavy atom. The van der Waals surface area contributed by atoms with Crippen LogP contribution in [0.25, 0.3) is 0 Å². The van der Waals surface area contributed by atoms with Gasteiger partial charge in [-0.1, -0.05) is 39.1 Å². The summed E-state index contributed by atoms with van der Waals surface area (Å²) in [5.74, 6) is -0.343. The highest BCUT2D eigenvalue weighted by atomic mass is 79.9. The standard InChI is InChI=1S/C14H9BrCl3F/c1-7-2-11(12(17)6-13(7)19)14(18)8-3-9(15)5-10(16)4-8/h2-6,14H,1H3. The van der Waals surface area contributed by atoms with Crippen LogP contribution < -0.4 is 0 Å². The largest absolute Gasteiger partial charge is 0.207 e. The van der Waals surface area contributed by atoms with E-state index < -0.39 is 5.38 Å². The predicted molar refractivity (Wildman–Crippen MR) is 83.0 cm³/mol. The summed E-state index contributed by atoms with van der Waals surface area (Å²) in [6, 6.07) is 8.33. The van der Waals surface area contributed by atoms with Crippen molar-refractivity contribution in [3.63, 3.8) is 0 Å². The van der Waals surface area contributed by atoms with E-state index in [9.17, 15) is 4.39 Å². The van der Waals surface area contributed by atoms with Gasteiger partial charge in [0.1, 0.15) is 5.82 Å². The van der Waals surface area contributed by atoms with Crippen LogP contribution in [0.15, 0.2) is 34.8 Å². The molecule has 0 N–H and O–H groups in total. The van der Waals surface area contributed by atoms with E-state index >= 15 is 0 Å². The molecule has 0 saturated heterocycles. The van der Waals surface area contributed by atoms with E-state index in [1.54, 1.807) is 25.1 Å². The van der Waals surface area contributed by atoms with Crippen LogP contribution in [0.3, 0.4) is 0 Å². The summed E-state index contributed by atoms with van der Waals surface area (Å²) in [7, 11) is 0. The van der Waals surface area contributed by atoms with Crippen molar-refractivity contribution in [2.75, 3.05) is 0 Å². The average Bonchev–Trinajstić information content (AvgIpc) is 2.31. The maximum absolute atomic E-state index is 13.4. The molecule has 0 radical (unpaired) electrons. The first-order chi connectivity index (χ1) is 8.88. The molecular weight excluding hydrogens is 373 g/mol. The molecule has 0 bridgehead atoms. The van der Waals surface area contributed by atoms with Crippen molar-refractivity contribution in [1.82, 2.24) is 0 Å². The summed E-state index contributed by atoms with van der Waals surface area (Å²) in [6.45, 7) is 1.67. The van der Waals surface area contributed by atoms with Gasteiger partial charge in [0, 0.05) is 14.5 Å². The van der Waals surface area contributed by atoms with Gasteiger partial charge in [0.25, 0.3) is 0 Å². The number of aryl methyl sites for hydroxylation is 1. The first kappa shape index (κ1) is 15.1. The lowest BCUT2D eigenvalue weighted by atomic mass is 10.0. The molecule has 0 aromatic heterocycles. The zero-order chi connectivity index (χ0) is 14.2. The molecule has 19 heavy (non-hydrogen) atoms. The van der Waals surface area contributed by atoms with Gasteiger partial charge in [-0.2, -0.15) is 0 Å². The molecule has 100 valence electrons. The smallest absolute Gasteiger partial charge is 0.127 e. The van der Waals surface area contributed by atoms with Crippen LogP contribution in [0, 0.1) is 12.7 Å². The molecular formula is C14H9BrCl3F. The second-order valence-electron chi connectivity index (χ2n) is 4.19. The van der Waals surface area contributed by atoms with Gasteiger partial charge in [0.2, 0.25) is 0 Å². The highest BCUT2D eigenvalue weighted by Crippen LogP contribution is 2.37. The van der Waals surface area contributed by atoms with Crippen molar-refractivity contribution >= 4 is 50.7 Å². The molecule has 1 unspecified atom stereocenters. The van der Waals surface area contributed by atoms with Gasteiger partial charge in [0.15, 0.2) is 0 Å².